The molecule has 0 radical (unpaired) electrons. The SMILES string of the molecule is CC(C)=C[C@@H]1[C@@H](C(=O)Nc2ccc3c(c2)NC(=O)CO3)C1(C)C. The molecule has 1 heterocycles. The average Bonchev–Trinajstić information content (AvgIpc) is 2.98. The number of rotatable bonds is 3. The fourth-order valence-electron chi connectivity index (χ4n) is 3.23. The molecule has 1 aromatic carbocycles. The normalized spacial score (nSPS) is 23.9. The number of ether oxygens (including phenoxy) is 1. The first-order valence-corrected chi connectivity index (χ1v) is 7.81. The van der Waals surface area contributed by atoms with Crippen molar-refractivity contribution in [3.63, 3.8) is 0 Å². The number of fused-ring (bicyclic) bond motifs is 1. The van der Waals surface area contributed by atoms with Crippen LogP contribution in [-0.2, 0) is 9.59 Å². The molecule has 122 valence electrons. The first-order valence-electron chi connectivity index (χ1n) is 7.81. The molecule has 0 saturated heterocycles. The molecule has 3 rings (SSSR count). The van der Waals surface area contributed by atoms with Gasteiger partial charge in [0.05, 0.1) is 11.6 Å². The van der Waals surface area contributed by atoms with E-state index in [4.69, 9.17) is 4.74 Å². The molecule has 0 bridgehead atoms. The third kappa shape index (κ3) is 2.96. The van der Waals surface area contributed by atoms with Crippen LogP contribution in [0.3, 0.4) is 0 Å². The van der Waals surface area contributed by atoms with Gasteiger partial charge >= 0.3 is 0 Å². The number of hydrogen-bond acceptors (Lipinski definition) is 3. The zero-order chi connectivity index (χ0) is 16.8. The van der Waals surface area contributed by atoms with Crippen molar-refractivity contribution in [2.45, 2.75) is 27.7 Å². The van der Waals surface area contributed by atoms with Crippen LogP contribution in [0, 0.1) is 17.3 Å². The smallest absolute Gasteiger partial charge is 0.262 e. The van der Waals surface area contributed by atoms with Crippen LogP contribution >= 0.6 is 0 Å². The van der Waals surface area contributed by atoms with Crippen molar-refractivity contribution >= 4 is 23.2 Å². The summed E-state index contributed by atoms with van der Waals surface area (Å²) < 4.78 is 5.32. The maximum absolute atomic E-state index is 12.6. The number of amides is 2. The summed E-state index contributed by atoms with van der Waals surface area (Å²) in [5, 5.41) is 5.70. The summed E-state index contributed by atoms with van der Waals surface area (Å²) in [6, 6.07) is 5.28. The van der Waals surface area contributed by atoms with E-state index >= 15 is 0 Å². The van der Waals surface area contributed by atoms with Crippen LogP contribution in [-0.4, -0.2) is 18.4 Å². The molecule has 23 heavy (non-hydrogen) atoms. The van der Waals surface area contributed by atoms with E-state index in [1.54, 1.807) is 18.2 Å². The summed E-state index contributed by atoms with van der Waals surface area (Å²) in [4.78, 5) is 23.9. The molecule has 2 atom stereocenters. The van der Waals surface area contributed by atoms with Crippen LogP contribution in [0.2, 0.25) is 0 Å². The Morgan fingerprint density at radius 1 is 1.39 bits per heavy atom. The van der Waals surface area contributed by atoms with Gasteiger partial charge in [0, 0.05) is 5.69 Å². The average molecular weight is 314 g/mol. The topological polar surface area (TPSA) is 67.4 Å². The van der Waals surface area contributed by atoms with Gasteiger partial charge in [0.15, 0.2) is 6.61 Å². The van der Waals surface area contributed by atoms with Crippen LogP contribution in [0.5, 0.6) is 5.75 Å². The van der Waals surface area contributed by atoms with E-state index in [0.29, 0.717) is 17.1 Å². The molecule has 5 nitrogen and oxygen atoms in total. The van der Waals surface area contributed by atoms with E-state index in [1.165, 1.54) is 5.57 Å². The second-order valence-corrected chi connectivity index (χ2v) is 7.11. The number of anilines is 2. The molecule has 1 aromatic rings. The molecular weight excluding hydrogens is 292 g/mol. The quantitative estimate of drug-likeness (QED) is 0.842. The Morgan fingerprint density at radius 2 is 2.13 bits per heavy atom. The van der Waals surface area contributed by atoms with Crippen LogP contribution < -0.4 is 15.4 Å². The largest absolute Gasteiger partial charge is 0.482 e. The van der Waals surface area contributed by atoms with Crippen molar-refractivity contribution in [1.82, 2.24) is 0 Å². The molecular formula is C18H22N2O3. The number of allylic oxidation sites excluding steroid dienone is 2. The standard InChI is InChI=1S/C18H22N2O3/c1-10(2)7-12-16(18(12,3)4)17(22)19-11-5-6-14-13(8-11)20-15(21)9-23-14/h5-8,12,16H,9H2,1-4H3,(H,19,22)(H,20,21)/t12-,16+/m1/s1. The van der Waals surface area contributed by atoms with Crippen molar-refractivity contribution in [2.24, 2.45) is 17.3 Å². The van der Waals surface area contributed by atoms with E-state index in [0.717, 1.165) is 0 Å². The fourth-order valence-corrected chi connectivity index (χ4v) is 3.23. The van der Waals surface area contributed by atoms with Crippen molar-refractivity contribution in [3.05, 3.63) is 29.8 Å². The second kappa shape index (κ2) is 5.41. The van der Waals surface area contributed by atoms with E-state index < -0.39 is 0 Å². The first-order chi connectivity index (χ1) is 10.8. The minimum atomic E-state index is -0.187. The molecule has 1 fully saturated rings. The molecule has 2 aliphatic rings. The number of carbonyl (C=O) groups is 2. The summed E-state index contributed by atoms with van der Waals surface area (Å²) in [5.41, 5.74) is 2.47. The molecule has 1 saturated carbocycles. The van der Waals surface area contributed by atoms with Crippen LogP contribution in [0.4, 0.5) is 11.4 Å². The number of benzene rings is 1. The molecule has 2 amide bonds. The molecule has 1 aliphatic heterocycles. The van der Waals surface area contributed by atoms with Gasteiger partial charge < -0.3 is 15.4 Å². The first kappa shape index (κ1) is 15.6. The summed E-state index contributed by atoms with van der Waals surface area (Å²) in [5.74, 6) is 0.692. The van der Waals surface area contributed by atoms with Crippen molar-refractivity contribution in [3.8, 4) is 5.75 Å². The van der Waals surface area contributed by atoms with Gasteiger partial charge in [0.25, 0.3) is 5.91 Å². The third-order valence-electron chi connectivity index (χ3n) is 4.59. The van der Waals surface area contributed by atoms with Gasteiger partial charge in [0.1, 0.15) is 5.75 Å². The van der Waals surface area contributed by atoms with Gasteiger partial charge in [-0.05, 0) is 43.4 Å². The number of carbonyl (C=O) groups excluding carboxylic acids is 2. The van der Waals surface area contributed by atoms with Crippen LogP contribution in [0.15, 0.2) is 29.8 Å². The predicted molar refractivity (Wildman–Crippen MR) is 89.4 cm³/mol. The van der Waals surface area contributed by atoms with E-state index in [9.17, 15) is 9.59 Å². The second-order valence-electron chi connectivity index (χ2n) is 7.11. The zero-order valence-electron chi connectivity index (χ0n) is 13.9. The highest BCUT2D eigenvalue weighted by atomic mass is 16.5. The Bertz CT molecular complexity index is 702. The summed E-state index contributed by atoms with van der Waals surface area (Å²) >= 11 is 0. The van der Waals surface area contributed by atoms with E-state index in [2.05, 4.69) is 44.4 Å². The van der Waals surface area contributed by atoms with Gasteiger partial charge in [-0.2, -0.15) is 0 Å². The Morgan fingerprint density at radius 3 is 2.83 bits per heavy atom. The van der Waals surface area contributed by atoms with Gasteiger partial charge in [-0.15, -0.1) is 0 Å². The van der Waals surface area contributed by atoms with E-state index in [1.807, 2.05) is 0 Å². The minimum Gasteiger partial charge on any atom is -0.482 e. The minimum absolute atomic E-state index is 0.0144. The number of nitrogens with one attached hydrogen (secondary N) is 2. The zero-order valence-corrected chi connectivity index (χ0v) is 13.9. The lowest BCUT2D eigenvalue weighted by Gasteiger charge is -2.18. The Balaban J connectivity index is 1.73. The highest BCUT2D eigenvalue weighted by Gasteiger charge is 2.60. The van der Waals surface area contributed by atoms with Crippen molar-refractivity contribution in [1.29, 1.82) is 0 Å². The van der Waals surface area contributed by atoms with E-state index in [-0.39, 0.29) is 35.7 Å². The molecule has 1 aliphatic carbocycles. The maximum atomic E-state index is 12.6. The summed E-state index contributed by atoms with van der Waals surface area (Å²) in [6.07, 6.45) is 2.17. The molecule has 5 heteroatoms. The maximum Gasteiger partial charge on any atom is 0.262 e. The number of hydrogen-bond donors (Lipinski definition) is 2. The lowest BCUT2D eigenvalue weighted by molar-refractivity contribution is -0.119. The molecule has 0 aromatic heterocycles. The lowest BCUT2D eigenvalue weighted by atomic mass is 10.1. The highest BCUT2D eigenvalue weighted by Crippen LogP contribution is 2.59. The van der Waals surface area contributed by atoms with Gasteiger partial charge in [0.2, 0.25) is 5.91 Å². The predicted octanol–water partition coefficient (Wildman–Crippen LogP) is 3.19. The summed E-state index contributed by atoms with van der Waals surface area (Å²) in [6.45, 7) is 8.36. The molecule has 0 spiro atoms. The lowest BCUT2D eigenvalue weighted by Crippen LogP contribution is -2.25. The Hall–Kier alpha value is -2.30. The van der Waals surface area contributed by atoms with Crippen LogP contribution in [0.25, 0.3) is 0 Å². The molecule has 2 N–H and O–H groups in total. The summed E-state index contributed by atoms with van der Waals surface area (Å²) in [7, 11) is 0. The monoisotopic (exact) mass is 314 g/mol. The highest BCUT2D eigenvalue weighted by molar-refractivity contribution is 5.99. The van der Waals surface area contributed by atoms with Gasteiger partial charge in [-0.25, -0.2) is 0 Å². The molecule has 0 unspecified atom stereocenters. The third-order valence-corrected chi connectivity index (χ3v) is 4.59. The Labute approximate surface area is 136 Å². The fraction of sp³-hybridized carbons (Fsp3) is 0.444. The van der Waals surface area contributed by atoms with Crippen LogP contribution in [0.1, 0.15) is 27.7 Å². The van der Waals surface area contributed by atoms with Gasteiger partial charge in [-0.1, -0.05) is 25.5 Å². The van der Waals surface area contributed by atoms with Crippen molar-refractivity contribution < 1.29 is 14.3 Å². The van der Waals surface area contributed by atoms with Gasteiger partial charge in [-0.3, -0.25) is 9.59 Å². The van der Waals surface area contributed by atoms with Crippen molar-refractivity contribution in [2.75, 3.05) is 17.2 Å². The Kier molecular flexibility index (Phi) is 3.66.